The summed E-state index contributed by atoms with van der Waals surface area (Å²) in [6, 6.07) is 3.87. The van der Waals surface area contributed by atoms with Gasteiger partial charge in [0.2, 0.25) is 0 Å². The van der Waals surface area contributed by atoms with Crippen LogP contribution in [0.15, 0.2) is 24.5 Å². The average molecular weight is 303 g/mol. The molecule has 0 saturated heterocycles. The molecule has 0 aliphatic rings. The molecule has 0 atom stereocenters. The van der Waals surface area contributed by atoms with Gasteiger partial charge >= 0.3 is 0 Å². The SMILES string of the molecule is Cn1cc(-c2cc3nc(N)cc(NCCCO)c3s2)cn1. The summed E-state index contributed by atoms with van der Waals surface area (Å²) in [5.41, 5.74) is 8.78. The van der Waals surface area contributed by atoms with Gasteiger partial charge in [0.25, 0.3) is 0 Å². The first-order chi connectivity index (χ1) is 10.2. The van der Waals surface area contributed by atoms with Gasteiger partial charge in [-0.15, -0.1) is 11.3 Å². The number of aromatic nitrogens is 3. The Hall–Kier alpha value is -2.12. The number of aliphatic hydroxyl groups excluding tert-OH is 1. The lowest BCUT2D eigenvalue weighted by atomic mass is 10.2. The summed E-state index contributed by atoms with van der Waals surface area (Å²) in [5, 5.41) is 16.4. The topological polar surface area (TPSA) is 89.0 Å². The molecule has 0 radical (unpaired) electrons. The zero-order chi connectivity index (χ0) is 14.8. The molecule has 3 rings (SSSR count). The number of rotatable bonds is 5. The summed E-state index contributed by atoms with van der Waals surface area (Å²) in [6.45, 7) is 0.872. The summed E-state index contributed by atoms with van der Waals surface area (Å²) < 4.78 is 2.85. The van der Waals surface area contributed by atoms with Crippen LogP contribution in [-0.2, 0) is 7.05 Å². The molecule has 21 heavy (non-hydrogen) atoms. The largest absolute Gasteiger partial charge is 0.396 e. The van der Waals surface area contributed by atoms with Crippen molar-refractivity contribution in [3.05, 3.63) is 24.5 Å². The zero-order valence-corrected chi connectivity index (χ0v) is 12.5. The van der Waals surface area contributed by atoms with Crippen LogP contribution in [0.4, 0.5) is 11.5 Å². The van der Waals surface area contributed by atoms with E-state index < -0.39 is 0 Å². The van der Waals surface area contributed by atoms with E-state index in [9.17, 15) is 0 Å². The Labute approximate surface area is 126 Å². The normalized spacial score (nSPS) is 11.1. The average Bonchev–Trinajstić information content (AvgIpc) is 3.04. The van der Waals surface area contributed by atoms with Crippen molar-refractivity contribution in [1.29, 1.82) is 0 Å². The molecule has 3 aromatic rings. The summed E-state index contributed by atoms with van der Waals surface area (Å²) >= 11 is 1.66. The monoisotopic (exact) mass is 303 g/mol. The Kier molecular flexibility index (Phi) is 3.76. The maximum atomic E-state index is 8.88. The van der Waals surface area contributed by atoms with E-state index >= 15 is 0 Å². The van der Waals surface area contributed by atoms with Crippen molar-refractivity contribution in [3.63, 3.8) is 0 Å². The molecule has 0 saturated carbocycles. The van der Waals surface area contributed by atoms with Gasteiger partial charge in [0.05, 0.1) is 22.1 Å². The number of pyridine rings is 1. The predicted octanol–water partition coefficient (Wildman–Crippen LogP) is 2.07. The van der Waals surface area contributed by atoms with Gasteiger partial charge in [-0.2, -0.15) is 5.10 Å². The van der Waals surface area contributed by atoms with Crippen LogP contribution >= 0.6 is 11.3 Å². The number of thiophene rings is 1. The van der Waals surface area contributed by atoms with Crippen molar-refractivity contribution in [3.8, 4) is 10.4 Å². The number of nitrogens with zero attached hydrogens (tertiary/aromatic N) is 3. The van der Waals surface area contributed by atoms with Crippen molar-refractivity contribution < 1.29 is 5.11 Å². The zero-order valence-electron chi connectivity index (χ0n) is 11.7. The van der Waals surface area contributed by atoms with Crippen molar-refractivity contribution >= 4 is 33.1 Å². The van der Waals surface area contributed by atoms with E-state index in [0.717, 1.165) is 26.3 Å². The van der Waals surface area contributed by atoms with Crippen LogP contribution in [0.25, 0.3) is 20.7 Å². The minimum atomic E-state index is 0.169. The van der Waals surface area contributed by atoms with Crippen LogP contribution in [0.2, 0.25) is 0 Å². The van der Waals surface area contributed by atoms with E-state index in [1.54, 1.807) is 16.0 Å². The molecule has 0 amide bonds. The second-order valence-electron chi connectivity index (χ2n) is 4.83. The maximum absolute atomic E-state index is 8.88. The number of aryl methyl sites for hydroxylation is 1. The molecular weight excluding hydrogens is 286 g/mol. The number of fused-ring (bicyclic) bond motifs is 1. The fourth-order valence-corrected chi connectivity index (χ4v) is 3.23. The summed E-state index contributed by atoms with van der Waals surface area (Å²) in [4.78, 5) is 5.50. The fraction of sp³-hybridized carbons (Fsp3) is 0.286. The lowest BCUT2D eigenvalue weighted by molar-refractivity contribution is 0.292. The Morgan fingerprint density at radius 3 is 3.00 bits per heavy atom. The van der Waals surface area contributed by atoms with E-state index in [4.69, 9.17) is 10.8 Å². The molecule has 6 nitrogen and oxygen atoms in total. The first-order valence-electron chi connectivity index (χ1n) is 6.71. The highest BCUT2D eigenvalue weighted by atomic mass is 32.1. The molecule has 0 spiro atoms. The van der Waals surface area contributed by atoms with Gasteiger partial charge in [0.1, 0.15) is 5.82 Å². The van der Waals surface area contributed by atoms with E-state index in [1.807, 2.05) is 31.6 Å². The highest BCUT2D eigenvalue weighted by Crippen LogP contribution is 2.37. The van der Waals surface area contributed by atoms with Crippen LogP contribution < -0.4 is 11.1 Å². The number of nitrogen functional groups attached to an aromatic ring is 1. The molecule has 0 unspecified atom stereocenters. The minimum absolute atomic E-state index is 0.169. The van der Waals surface area contributed by atoms with Crippen LogP contribution in [-0.4, -0.2) is 33.0 Å². The Bertz CT molecular complexity index is 764. The molecule has 7 heteroatoms. The van der Waals surface area contributed by atoms with Gasteiger partial charge in [-0.25, -0.2) is 4.98 Å². The smallest absolute Gasteiger partial charge is 0.126 e. The van der Waals surface area contributed by atoms with Crippen LogP contribution in [0.5, 0.6) is 0 Å². The number of anilines is 2. The molecule has 0 fully saturated rings. The third-order valence-electron chi connectivity index (χ3n) is 3.14. The van der Waals surface area contributed by atoms with Gasteiger partial charge in [-0.1, -0.05) is 0 Å². The summed E-state index contributed by atoms with van der Waals surface area (Å²) in [5.74, 6) is 0.490. The number of nitrogens with two attached hydrogens (primary N) is 1. The minimum Gasteiger partial charge on any atom is -0.396 e. The maximum Gasteiger partial charge on any atom is 0.126 e. The molecule has 4 N–H and O–H groups in total. The number of aliphatic hydroxyl groups is 1. The summed E-state index contributed by atoms with van der Waals surface area (Å²) in [6.07, 6.45) is 4.52. The van der Waals surface area contributed by atoms with Crippen molar-refractivity contribution in [1.82, 2.24) is 14.8 Å². The second-order valence-corrected chi connectivity index (χ2v) is 5.88. The van der Waals surface area contributed by atoms with Crippen LogP contribution in [0.3, 0.4) is 0 Å². The predicted molar refractivity (Wildman–Crippen MR) is 86.4 cm³/mol. The molecule has 0 aliphatic carbocycles. The molecule has 0 aromatic carbocycles. The highest BCUT2D eigenvalue weighted by Gasteiger charge is 2.11. The van der Waals surface area contributed by atoms with E-state index in [-0.39, 0.29) is 6.61 Å². The lowest BCUT2D eigenvalue weighted by Crippen LogP contribution is -2.04. The van der Waals surface area contributed by atoms with Gasteiger partial charge in [0, 0.05) is 42.9 Å². The molecule has 0 bridgehead atoms. The van der Waals surface area contributed by atoms with Crippen molar-refractivity contribution in [2.75, 3.05) is 24.2 Å². The molecule has 3 heterocycles. The van der Waals surface area contributed by atoms with Gasteiger partial charge in [-0.3, -0.25) is 4.68 Å². The Balaban J connectivity index is 2.01. The Morgan fingerprint density at radius 1 is 1.43 bits per heavy atom. The van der Waals surface area contributed by atoms with E-state index in [0.29, 0.717) is 18.8 Å². The molecule has 110 valence electrons. The van der Waals surface area contributed by atoms with Gasteiger partial charge in [0.15, 0.2) is 0 Å². The van der Waals surface area contributed by atoms with E-state index in [1.165, 1.54) is 0 Å². The third kappa shape index (κ3) is 2.84. The highest BCUT2D eigenvalue weighted by molar-refractivity contribution is 7.22. The number of nitrogens with one attached hydrogen (secondary N) is 1. The van der Waals surface area contributed by atoms with Crippen LogP contribution in [0, 0.1) is 0 Å². The van der Waals surface area contributed by atoms with Crippen LogP contribution in [0.1, 0.15) is 6.42 Å². The number of hydrogen-bond donors (Lipinski definition) is 3. The first-order valence-corrected chi connectivity index (χ1v) is 7.53. The van der Waals surface area contributed by atoms with Gasteiger partial charge in [-0.05, 0) is 12.5 Å². The quantitative estimate of drug-likeness (QED) is 0.628. The Morgan fingerprint density at radius 2 is 2.29 bits per heavy atom. The third-order valence-corrected chi connectivity index (χ3v) is 4.35. The molecule has 3 aromatic heterocycles. The second kappa shape index (κ2) is 5.71. The fourth-order valence-electron chi connectivity index (χ4n) is 2.17. The van der Waals surface area contributed by atoms with E-state index in [2.05, 4.69) is 15.4 Å². The standard InChI is InChI=1S/C14H17N5OS/c1-19-8-9(7-17-19)12-5-11-14(21-12)10(6-13(15)18-11)16-3-2-4-20/h5-8,20H,2-4H2,1H3,(H3,15,16,18). The van der Waals surface area contributed by atoms with Crippen molar-refractivity contribution in [2.24, 2.45) is 7.05 Å². The van der Waals surface area contributed by atoms with Crippen molar-refractivity contribution in [2.45, 2.75) is 6.42 Å². The molecular formula is C14H17N5OS. The first kappa shape index (κ1) is 13.8. The number of hydrogen-bond acceptors (Lipinski definition) is 6. The lowest BCUT2D eigenvalue weighted by Gasteiger charge is -2.07. The molecule has 0 aliphatic heterocycles. The summed E-state index contributed by atoms with van der Waals surface area (Å²) in [7, 11) is 1.90. The van der Waals surface area contributed by atoms with Gasteiger partial charge < -0.3 is 16.2 Å².